The molecule has 2 heterocycles. The number of carboxylic acids is 1. The van der Waals surface area contributed by atoms with Crippen molar-refractivity contribution >= 4 is 33.2 Å². The fourth-order valence-corrected chi connectivity index (χ4v) is 5.02. The third-order valence-electron chi connectivity index (χ3n) is 5.76. The van der Waals surface area contributed by atoms with E-state index >= 15 is 0 Å². The number of nitrogens with zero attached hydrogens (tertiary/aromatic N) is 3. The first-order valence-electron chi connectivity index (χ1n) is 11.4. The molecule has 0 radical (unpaired) electrons. The number of nitrogens with one attached hydrogen (secondary N) is 1. The molecule has 34 heavy (non-hydrogen) atoms. The molecule has 10 heteroatoms. The van der Waals surface area contributed by atoms with Gasteiger partial charge in [0.1, 0.15) is 5.97 Å². The SMILES string of the molecule is CCc1cc(N(CC)CC)cc2sc3cc(=[N+]4CCNCC4)ccc-3nc12.O=C([O-])C(F)(F)F. The van der Waals surface area contributed by atoms with E-state index in [-0.39, 0.29) is 0 Å². The van der Waals surface area contributed by atoms with Gasteiger partial charge in [0.15, 0.2) is 13.1 Å². The molecule has 0 bridgehead atoms. The second kappa shape index (κ2) is 11.1. The van der Waals surface area contributed by atoms with Crippen molar-refractivity contribution < 1.29 is 23.1 Å². The Labute approximate surface area is 200 Å². The largest absolute Gasteiger partial charge is 0.542 e. The van der Waals surface area contributed by atoms with Crippen LogP contribution in [0.2, 0.25) is 0 Å². The van der Waals surface area contributed by atoms with Crippen molar-refractivity contribution in [2.75, 3.05) is 44.2 Å². The van der Waals surface area contributed by atoms with E-state index in [1.54, 1.807) is 0 Å². The van der Waals surface area contributed by atoms with Crippen molar-refractivity contribution in [1.29, 1.82) is 0 Å². The van der Waals surface area contributed by atoms with Gasteiger partial charge < -0.3 is 20.1 Å². The summed E-state index contributed by atoms with van der Waals surface area (Å²) in [6.45, 7) is 13.0. The van der Waals surface area contributed by atoms with Crippen molar-refractivity contribution in [3.05, 3.63) is 41.3 Å². The Kier molecular flexibility index (Phi) is 8.48. The molecule has 1 aromatic rings. The molecular formula is C24H29F3N4O2S. The van der Waals surface area contributed by atoms with Gasteiger partial charge in [-0.2, -0.15) is 13.2 Å². The molecule has 0 spiro atoms. The number of benzene rings is 2. The van der Waals surface area contributed by atoms with E-state index in [2.05, 4.69) is 65.9 Å². The molecular weight excluding hydrogens is 465 g/mol. The summed E-state index contributed by atoms with van der Waals surface area (Å²) in [6.07, 6.45) is -4.18. The zero-order chi connectivity index (χ0) is 24.9. The minimum Gasteiger partial charge on any atom is -0.542 e. The summed E-state index contributed by atoms with van der Waals surface area (Å²) in [5.41, 5.74) is 4.94. The second-order valence-electron chi connectivity index (χ2n) is 7.87. The van der Waals surface area contributed by atoms with Gasteiger partial charge in [-0.3, -0.25) is 0 Å². The van der Waals surface area contributed by atoms with Gasteiger partial charge in [0.05, 0.1) is 33.9 Å². The molecule has 2 aliphatic heterocycles. The first kappa shape index (κ1) is 25.9. The molecule has 0 aromatic heterocycles. The average Bonchev–Trinajstić information content (AvgIpc) is 2.83. The van der Waals surface area contributed by atoms with E-state index in [4.69, 9.17) is 14.9 Å². The van der Waals surface area contributed by atoms with Gasteiger partial charge in [-0.25, -0.2) is 9.56 Å². The highest BCUT2D eigenvalue weighted by Crippen LogP contribution is 2.34. The summed E-state index contributed by atoms with van der Waals surface area (Å²) < 4.78 is 35.3. The first-order chi connectivity index (χ1) is 16.2. The number of alkyl halides is 3. The summed E-state index contributed by atoms with van der Waals surface area (Å²) in [6, 6.07) is 11.4. The Morgan fingerprint density at radius 2 is 1.79 bits per heavy atom. The molecule has 0 unspecified atom stereocenters. The van der Waals surface area contributed by atoms with Crippen LogP contribution in [-0.4, -0.2) is 56.4 Å². The quantitative estimate of drug-likeness (QED) is 0.446. The highest BCUT2D eigenvalue weighted by molar-refractivity contribution is 7.21. The molecule has 4 rings (SSSR count). The van der Waals surface area contributed by atoms with Gasteiger partial charge in [-0.05, 0) is 44.0 Å². The highest BCUT2D eigenvalue weighted by Gasteiger charge is 2.28. The molecule has 184 valence electrons. The number of fused-ring (bicyclic) bond motifs is 2. The Morgan fingerprint density at radius 3 is 2.35 bits per heavy atom. The summed E-state index contributed by atoms with van der Waals surface area (Å²) >= 11 is 1.88. The Morgan fingerprint density at radius 1 is 1.15 bits per heavy atom. The number of piperazine rings is 1. The van der Waals surface area contributed by atoms with Crippen LogP contribution in [-0.2, 0) is 11.2 Å². The third kappa shape index (κ3) is 6.04. The van der Waals surface area contributed by atoms with E-state index < -0.39 is 12.1 Å². The zero-order valence-corrected chi connectivity index (χ0v) is 20.4. The summed E-state index contributed by atoms with van der Waals surface area (Å²) in [7, 11) is 0. The predicted molar refractivity (Wildman–Crippen MR) is 128 cm³/mol. The number of carboxylic acid groups (broad SMARTS) is 1. The average molecular weight is 495 g/mol. The molecule has 0 amide bonds. The van der Waals surface area contributed by atoms with Crippen molar-refractivity contribution in [1.82, 2.24) is 14.9 Å². The molecule has 0 saturated carbocycles. The van der Waals surface area contributed by atoms with E-state index in [0.717, 1.165) is 51.4 Å². The molecule has 6 nitrogen and oxygen atoms in total. The number of hydrogen-bond acceptors (Lipinski definition) is 6. The minimum atomic E-state index is -5.19. The number of halogens is 3. The van der Waals surface area contributed by atoms with Crippen molar-refractivity contribution in [3.63, 3.8) is 0 Å². The summed E-state index contributed by atoms with van der Waals surface area (Å²) in [5.74, 6) is -3.01. The zero-order valence-electron chi connectivity index (χ0n) is 19.5. The van der Waals surface area contributed by atoms with Crippen LogP contribution in [0.25, 0.3) is 20.8 Å². The summed E-state index contributed by atoms with van der Waals surface area (Å²) in [5, 5.41) is 13.5. The Hall–Kier alpha value is -2.72. The number of aliphatic carboxylic acids is 1. The van der Waals surface area contributed by atoms with Crippen LogP contribution in [0.15, 0.2) is 30.3 Å². The normalized spacial score (nSPS) is 14.1. The number of anilines is 1. The maximum Gasteiger partial charge on any atom is 0.430 e. The van der Waals surface area contributed by atoms with Gasteiger partial charge in [-0.1, -0.05) is 6.92 Å². The molecule has 1 saturated heterocycles. The van der Waals surface area contributed by atoms with Crippen LogP contribution in [0, 0.1) is 0 Å². The molecule has 3 aliphatic rings. The molecule has 0 atom stereocenters. The number of rotatable bonds is 4. The van der Waals surface area contributed by atoms with Crippen LogP contribution < -0.4 is 25.3 Å². The topological polar surface area (TPSA) is 71.3 Å². The first-order valence-corrected chi connectivity index (χ1v) is 12.2. The van der Waals surface area contributed by atoms with Crippen molar-refractivity contribution in [3.8, 4) is 10.6 Å². The second-order valence-corrected chi connectivity index (χ2v) is 8.95. The van der Waals surface area contributed by atoms with Crippen LogP contribution in [0.4, 0.5) is 18.9 Å². The maximum absolute atomic E-state index is 10.5. The number of aromatic nitrogens is 1. The van der Waals surface area contributed by atoms with E-state index in [9.17, 15) is 13.2 Å². The van der Waals surface area contributed by atoms with E-state index in [1.165, 1.54) is 31.7 Å². The van der Waals surface area contributed by atoms with Crippen LogP contribution in [0.5, 0.6) is 0 Å². The monoisotopic (exact) mass is 494 g/mol. The van der Waals surface area contributed by atoms with Crippen LogP contribution in [0.1, 0.15) is 26.3 Å². The van der Waals surface area contributed by atoms with Crippen molar-refractivity contribution in [2.24, 2.45) is 0 Å². The smallest absolute Gasteiger partial charge is 0.430 e. The van der Waals surface area contributed by atoms with E-state index in [0.29, 0.717) is 0 Å². The lowest BCUT2D eigenvalue weighted by Gasteiger charge is -2.22. The number of carbonyl (C=O) groups excluding carboxylic acids is 1. The standard InChI is InChI=1S/C22H29N4S.C2HF3O2/c1-4-16-13-18(25(5-2)6-3)15-21-22(16)24-19-8-7-17(14-20(19)27-21)26-11-9-23-10-12-26;3-2(4,5)1(6)7/h7-8,13-15,23H,4-6,9-12H2,1-3H3;(H,6,7)/q+1;/p-1. The molecule has 1 N–H and O–H groups in total. The Bertz CT molecular complexity index is 1180. The van der Waals surface area contributed by atoms with Crippen LogP contribution >= 0.6 is 11.3 Å². The summed E-state index contributed by atoms with van der Waals surface area (Å²) in [4.78, 5) is 17.5. The Balaban J connectivity index is 0.000000406. The van der Waals surface area contributed by atoms with Gasteiger partial charge in [-0.15, -0.1) is 11.3 Å². The maximum atomic E-state index is 10.5. The molecule has 1 fully saturated rings. The number of hydrogen-bond donors (Lipinski definition) is 1. The number of aryl methyl sites for hydroxylation is 1. The van der Waals surface area contributed by atoms with Gasteiger partial charge in [0.2, 0.25) is 5.36 Å². The van der Waals surface area contributed by atoms with Gasteiger partial charge >= 0.3 is 6.18 Å². The fraction of sp³-hybridized carbons (Fsp3) is 0.458. The van der Waals surface area contributed by atoms with Crippen molar-refractivity contribution in [2.45, 2.75) is 33.4 Å². The lowest BCUT2D eigenvalue weighted by Crippen LogP contribution is -2.45. The number of carbonyl (C=O) groups is 1. The lowest BCUT2D eigenvalue weighted by atomic mass is 10.1. The van der Waals surface area contributed by atoms with Crippen LogP contribution in [0.3, 0.4) is 0 Å². The van der Waals surface area contributed by atoms with E-state index in [1.807, 2.05) is 11.3 Å². The lowest BCUT2D eigenvalue weighted by molar-refractivity contribution is -0.344. The van der Waals surface area contributed by atoms with Gasteiger partial charge in [0.25, 0.3) is 0 Å². The third-order valence-corrected chi connectivity index (χ3v) is 6.84. The molecule has 1 aromatic carbocycles. The minimum absolute atomic E-state index is 1.01. The highest BCUT2D eigenvalue weighted by atomic mass is 32.1. The fourth-order valence-electron chi connectivity index (χ4n) is 3.93. The predicted octanol–water partition coefficient (Wildman–Crippen LogP) is 2.48. The van der Waals surface area contributed by atoms with Gasteiger partial charge in [0, 0.05) is 30.9 Å². The molecule has 1 aliphatic carbocycles.